The van der Waals surface area contributed by atoms with E-state index in [0.717, 1.165) is 7.05 Å². The van der Waals surface area contributed by atoms with Gasteiger partial charge in [-0.3, -0.25) is 19.7 Å². The molecule has 0 bridgehead atoms. The fraction of sp³-hybridized carbons (Fsp3) is 0.714. The third-order valence-corrected chi connectivity index (χ3v) is 2.48. The summed E-state index contributed by atoms with van der Waals surface area (Å²) in [5.41, 5.74) is 0. The summed E-state index contributed by atoms with van der Waals surface area (Å²) in [5.74, 6) is -3.25. The first-order valence-corrected chi connectivity index (χ1v) is 4.13. The van der Waals surface area contributed by atoms with Crippen molar-refractivity contribution in [3.8, 4) is 0 Å². The van der Waals surface area contributed by atoms with E-state index >= 15 is 0 Å². The van der Waals surface area contributed by atoms with Crippen LogP contribution in [0.4, 0.5) is 13.2 Å². The highest BCUT2D eigenvalue weighted by Crippen LogP contribution is 2.39. The summed E-state index contributed by atoms with van der Waals surface area (Å²) < 4.78 is 37.6. The van der Waals surface area contributed by atoms with Crippen molar-refractivity contribution in [3.63, 3.8) is 0 Å². The number of nitrogens with one attached hydrogen (secondary N) is 1. The number of amides is 2. The molecule has 15 heavy (non-hydrogen) atoms. The highest BCUT2D eigenvalue weighted by Gasteiger charge is 2.63. The third kappa shape index (κ3) is 1.40. The van der Waals surface area contributed by atoms with Gasteiger partial charge in [0, 0.05) is 7.05 Å². The lowest BCUT2D eigenvalue weighted by Gasteiger charge is -2.22. The van der Waals surface area contributed by atoms with E-state index in [1.54, 1.807) is 0 Å². The summed E-state index contributed by atoms with van der Waals surface area (Å²) in [7, 11) is 1.05. The van der Waals surface area contributed by atoms with Crippen LogP contribution in [0.15, 0.2) is 0 Å². The molecule has 2 aliphatic heterocycles. The van der Waals surface area contributed by atoms with Gasteiger partial charge in [-0.2, -0.15) is 18.2 Å². The lowest BCUT2D eigenvalue weighted by atomic mass is 9.97. The average Bonchev–Trinajstić information content (AvgIpc) is 2.51. The molecule has 2 aliphatic rings. The number of nitrogens with zero attached hydrogens (tertiary/aromatic N) is 1. The smallest absolute Gasteiger partial charge is 0.294 e. The van der Waals surface area contributed by atoms with Gasteiger partial charge < -0.3 is 0 Å². The molecule has 2 heterocycles. The van der Waals surface area contributed by atoms with Gasteiger partial charge in [0.25, 0.3) is 5.91 Å². The minimum absolute atomic E-state index is 0.520. The predicted octanol–water partition coefficient (Wildman–Crippen LogP) is -0.565. The molecule has 0 spiro atoms. The van der Waals surface area contributed by atoms with Crippen LogP contribution in [0.5, 0.6) is 0 Å². The summed E-state index contributed by atoms with van der Waals surface area (Å²) >= 11 is 0. The van der Waals surface area contributed by atoms with Gasteiger partial charge in [-0.15, -0.1) is 0 Å². The van der Waals surface area contributed by atoms with Crippen LogP contribution in [-0.4, -0.2) is 42.2 Å². The zero-order valence-electron chi connectivity index (χ0n) is 7.54. The summed E-state index contributed by atoms with van der Waals surface area (Å²) in [6.07, 6.45) is -5.95. The van der Waals surface area contributed by atoms with E-state index in [9.17, 15) is 22.8 Å². The number of carbonyl (C=O) groups excluding carboxylic acids is 2. The largest absolute Gasteiger partial charge is 0.407 e. The standard InChI is InChI=1S/C7H7F3N2O3/c1-12-4(7(8,9)10)2-3(15-12)6(14)11-5(2)13/h2-4H,1H3,(H,11,13,14)/t2-,3-,4+/m0/s1. The van der Waals surface area contributed by atoms with Crippen LogP contribution in [0.25, 0.3) is 0 Å². The molecule has 0 aromatic heterocycles. The van der Waals surface area contributed by atoms with Gasteiger partial charge in [0.2, 0.25) is 5.91 Å². The monoisotopic (exact) mass is 224 g/mol. The van der Waals surface area contributed by atoms with Crippen molar-refractivity contribution in [3.05, 3.63) is 0 Å². The van der Waals surface area contributed by atoms with Crippen LogP contribution in [0.2, 0.25) is 0 Å². The van der Waals surface area contributed by atoms with Crippen molar-refractivity contribution < 1.29 is 27.6 Å². The van der Waals surface area contributed by atoms with Crippen molar-refractivity contribution in [1.82, 2.24) is 10.4 Å². The van der Waals surface area contributed by atoms with E-state index < -0.39 is 36.1 Å². The van der Waals surface area contributed by atoms with Gasteiger partial charge in [-0.05, 0) is 0 Å². The lowest BCUT2D eigenvalue weighted by molar-refractivity contribution is -0.234. The SMILES string of the molecule is CN1O[C@@H]2C(=O)NC(=O)[C@@H]2[C@@H]1C(F)(F)F. The number of hydrogen-bond acceptors (Lipinski definition) is 4. The molecule has 2 amide bonds. The minimum Gasteiger partial charge on any atom is -0.294 e. The molecular formula is C7H7F3N2O3. The zero-order chi connectivity index (χ0) is 11.4. The second-order valence-corrected chi connectivity index (χ2v) is 3.44. The van der Waals surface area contributed by atoms with Crippen LogP contribution >= 0.6 is 0 Å². The Labute approximate surface area is 82.1 Å². The number of imide groups is 1. The van der Waals surface area contributed by atoms with E-state index in [-0.39, 0.29) is 0 Å². The first-order valence-electron chi connectivity index (χ1n) is 4.13. The van der Waals surface area contributed by atoms with Crippen LogP contribution in [0.1, 0.15) is 0 Å². The van der Waals surface area contributed by atoms with Crippen LogP contribution < -0.4 is 5.32 Å². The number of hydroxylamine groups is 2. The Morgan fingerprint density at radius 3 is 2.47 bits per heavy atom. The Bertz CT molecular complexity index is 330. The van der Waals surface area contributed by atoms with Crippen LogP contribution in [-0.2, 0) is 14.4 Å². The topological polar surface area (TPSA) is 58.6 Å². The molecule has 8 heteroatoms. The number of halogens is 3. The van der Waals surface area contributed by atoms with E-state index in [2.05, 4.69) is 4.84 Å². The molecule has 1 N–H and O–H groups in total. The number of alkyl halides is 3. The highest BCUT2D eigenvalue weighted by atomic mass is 19.4. The first-order chi connectivity index (χ1) is 6.82. The molecule has 0 aromatic rings. The average molecular weight is 224 g/mol. The number of rotatable bonds is 0. The molecule has 2 saturated heterocycles. The maximum absolute atomic E-state index is 12.5. The van der Waals surface area contributed by atoms with E-state index in [0.29, 0.717) is 5.06 Å². The molecule has 0 saturated carbocycles. The second kappa shape index (κ2) is 2.92. The minimum atomic E-state index is -4.60. The quantitative estimate of drug-likeness (QED) is 0.560. The normalized spacial score (nSPS) is 36.9. The molecule has 84 valence electrons. The molecule has 3 atom stereocenters. The van der Waals surface area contributed by atoms with Crippen molar-refractivity contribution in [2.75, 3.05) is 7.05 Å². The third-order valence-electron chi connectivity index (χ3n) is 2.48. The van der Waals surface area contributed by atoms with Crippen molar-refractivity contribution in [2.24, 2.45) is 5.92 Å². The van der Waals surface area contributed by atoms with Gasteiger partial charge in [-0.1, -0.05) is 0 Å². The van der Waals surface area contributed by atoms with Gasteiger partial charge >= 0.3 is 6.18 Å². The maximum atomic E-state index is 12.5. The summed E-state index contributed by atoms with van der Waals surface area (Å²) in [5, 5.41) is 2.33. The fourth-order valence-electron chi connectivity index (χ4n) is 1.88. The van der Waals surface area contributed by atoms with Crippen LogP contribution in [0.3, 0.4) is 0 Å². The molecule has 2 fully saturated rings. The second-order valence-electron chi connectivity index (χ2n) is 3.44. The van der Waals surface area contributed by atoms with Gasteiger partial charge in [0.1, 0.15) is 12.0 Å². The Balaban J connectivity index is 2.34. The molecule has 5 nitrogen and oxygen atoms in total. The Morgan fingerprint density at radius 2 is 1.93 bits per heavy atom. The molecular weight excluding hydrogens is 217 g/mol. The van der Waals surface area contributed by atoms with E-state index in [1.807, 2.05) is 5.32 Å². The Hall–Kier alpha value is -1.15. The van der Waals surface area contributed by atoms with Gasteiger partial charge in [0.05, 0.1) is 0 Å². The maximum Gasteiger partial charge on any atom is 0.407 e. The van der Waals surface area contributed by atoms with Crippen molar-refractivity contribution >= 4 is 11.8 Å². The lowest BCUT2D eigenvalue weighted by Crippen LogP contribution is -2.46. The van der Waals surface area contributed by atoms with E-state index in [4.69, 9.17) is 0 Å². The summed E-state index contributed by atoms with van der Waals surface area (Å²) in [6.45, 7) is 0. The van der Waals surface area contributed by atoms with E-state index in [1.165, 1.54) is 0 Å². The number of hydrogen-bond donors (Lipinski definition) is 1. The zero-order valence-corrected chi connectivity index (χ0v) is 7.54. The fourth-order valence-corrected chi connectivity index (χ4v) is 1.88. The summed E-state index contributed by atoms with van der Waals surface area (Å²) in [6, 6.07) is -2.06. The molecule has 2 rings (SSSR count). The molecule has 0 unspecified atom stereocenters. The highest BCUT2D eigenvalue weighted by molar-refractivity contribution is 6.07. The molecule has 0 aliphatic carbocycles. The Kier molecular flexibility index (Phi) is 2.02. The summed E-state index contributed by atoms with van der Waals surface area (Å²) in [4.78, 5) is 26.9. The predicted molar refractivity (Wildman–Crippen MR) is 39.1 cm³/mol. The van der Waals surface area contributed by atoms with Crippen molar-refractivity contribution in [2.45, 2.75) is 18.3 Å². The van der Waals surface area contributed by atoms with Crippen molar-refractivity contribution in [1.29, 1.82) is 0 Å². The molecule has 0 radical (unpaired) electrons. The number of fused-ring (bicyclic) bond motifs is 1. The Morgan fingerprint density at radius 1 is 1.33 bits per heavy atom. The number of carbonyl (C=O) groups is 2. The van der Waals surface area contributed by atoms with Gasteiger partial charge in [-0.25, -0.2) is 0 Å². The van der Waals surface area contributed by atoms with Gasteiger partial charge in [0.15, 0.2) is 6.10 Å². The molecule has 0 aromatic carbocycles. The van der Waals surface area contributed by atoms with Crippen LogP contribution in [0, 0.1) is 5.92 Å². The first kappa shape index (κ1) is 10.4.